The third-order valence-electron chi connectivity index (χ3n) is 3.52. The molecule has 1 aromatic rings. The summed E-state index contributed by atoms with van der Waals surface area (Å²) < 4.78 is 0. The molecule has 1 aliphatic heterocycles. The van der Waals surface area contributed by atoms with Crippen LogP contribution in [-0.4, -0.2) is 28.6 Å². The lowest BCUT2D eigenvalue weighted by Crippen LogP contribution is -2.26. The minimum atomic E-state index is -1.28. The van der Waals surface area contributed by atoms with Crippen LogP contribution in [0.3, 0.4) is 0 Å². The van der Waals surface area contributed by atoms with Gasteiger partial charge in [0, 0.05) is 24.3 Å². The van der Waals surface area contributed by atoms with Crippen LogP contribution < -0.4 is 4.90 Å². The maximum absolute atomic E-state index is 11.0. The van der Waals surface area contributed by atoms with Crippen molar-refractivity contribution in [3.63, 3.8) is 0 Å². The number of carbonyl (C=O) groups is 1. The molecule has 2 rings (SSSR count). The average molecular weight is 264 g/mol. The van der Waals surface area contributed by atoms with Gasteiger partial charge >= 0.3 is 5.97 Å². The number of carboxylic acids is 1. The molecule has 0 saturated carbocycles. The van der Waals surface area contributed by atoms with Gasteiger partial charge in [-0.25, -0.2) is 4.79 Å². The van der Waals surface area contributed by atoms with Crippen LogP contribution in [0.1, 0.15) is 30.6 Å². The van der Waals surface area contributed by atoms with Gasteiger partial charge in [0.1, 0.15) is 5.56 Å². The summed E-state index contributed by atoms with van der Waals surface area (Å²) in [5.41, 5.74) is 0.0963. The Kier molecular flexibility index (Phi) is 3.42. The number of anilines is 1. The second-order valence-electron chi connectivity index (χ2n) is 5.11. The van der Waals surface area contributed by atoms with E-state index in [1.165, 1.54) is 12.1 Å². The lowest BCUT2D eigenvalue weighted by atomic mass is 10.1. The third-order valence-corrected chi connectivity index (χ3v) is 3.52. The highest BCUT2D eigenvalue weighted by atomic mass is 16.6. The highest BCUT2D eigenvalue weighted by Crippen LogP contribution is 2.32. The predicted molar refractivity (Wildman–Crippen MR) is 70.6 cm³/mol. The lowest BCUT2D eigenvalue weighted by Gasteiger charge is -2.23. The summed E-state index contributed by atoms with van der Waals surface area (Å²) in [6.45, 7) is 5.04. The first kappa shape index (κ1) is 13.3. The number of nitrogens with zero attached hydrogens (tertiary/aromatic N) is 2. The first-order valence-corrected chi connectivity index (χ1v) is 6.18. The second kappa shape index (κ2) is 4.87. The number of hydrogen-bond acceptors (Lipinski definition) is 4. The molecule has 0 aromatic heterocycles. The Balaban J connectivity index is 2.41. The summed E-state index contributed by atoms with van der Waals surface area (Å²) in [5.74, 6) is -0.741. The second-order valence-corrected chi connectivity index (χ2v) is 5.11. The smallest absolute Gasteiger partial charge is 0.342 e. The Bertz CT molecular complexity index is 529. The van der Waals surface area contributed by atoms with E-state index in [-0.39, 0.29) is 11.3 Å². The van der Waals surface area contributed by atoms with Gasteiger partial charge in [-0.15, -0.1) is 0 Å². The van der Waals surface area contributed by atoms with Crippen molar-refractivity contribution in [2.45, 2.75) is 26.3 Å². The Morgan fingerprint density at radius 1 is 1.47 bits per heavy atom. The first-order chi connectivity index (χ1) is 8.90. The van der Waals surface area contributed by atoms with Crippen molar-refractivity contribution in [1.29, 1.82) is 0 Å². The zero-order chi connectivity index (χ0) is 14.2. The molecular formula is C13H16N2O4. The molecule has 19 heavy (non-hydrogen) atoms. The van der Waals surface area contributed by atoms with Gasteiger partial charge in [-0.3, -0.25) is 10.1 Å². The van der Waals surface area contributed by atoms with E-state index in [1.807, 2.05) is 0 Å². The molecule has 1 aliphatic rings. The maximum Gasteiger partial charge on any atom is 0.342 e. The SMILES string of the molecule is CC1CC(C)N(c2ccc(C(=O)O)c([N+](=O)[O-])c2)C1. The number of aromatic carboxylic acids is 1. The fraction of sp³-hybridized carbons (Fsp3) is 0.462. The molecular weight excluding hydrogens is 248 g/mol. The van der Waals surface area contributed by atoms with Crippen LogP contribution in [0.15, 0.2) is 18.2 Å². The van der Waals surface area contributed by atoms with Gasteiger partial charge < -0.3 is 10.0 Å². The standard InChI is InChI=1S/C13H16N2O4/c1-8-5-9(2)14(7-8)10-3-4-11(13(16)17)12(6-10)15(18)19/h3-4,6,8-9H,5,7H2,1-2H3,(H,16,17). The minimum absolute atomic E-state index is 0.270. The van der Waals surface area contributed by atoms with Gasteiger partial charge in [0.15, 0.2) is 0 Å². The van der Waals surface area contributed by atoms with Crippen LogP contribution in [0, 0.1) is 16.0 Å². The molecule has 102 valence electrons. The molecule has 6 heteroatoms. The number of carboxylic acid groups (broad SMARTS) is 1. The summed E-state index contributed by atoms with van der Waals surface area (Å²) >= 11 is 0. The molecule has 0 amide bonds. The van der Waals surface area contributed by atoms with Crippen LogP contribution >= 0.6 is 0 Å². The van der Waals surface area contributed by atoms with E-state index < -0.39 is 10.9 Å². The topological polar surface area (TPSA) is 83.7 Å². The Hall–Kier alpha value is -2.11. The van der Waals surface area contributed by atoms with Gasteiger partial charge in [-0.1, -0.05) is 6.92 Å². The van der Waals surface area contributed by atoms with Crippen LogP contribution in [0.5, 0.6) is 0 Å². The fourth-order valence-corrected chi connectivity index (χ4v) is 2.69. The van der Waals surface area contributed by atoms with Crippen molar-refractivity contribution in [2.75, 3.05) is 11.4 Å². The third kappa shape index (κ3) is 2.52. The minimum Gasteiger partial charge on any atom is -0.477 e. The highest BCUT2D eigenvalue weighted by molar-refractivity contribution is 5.93. The van der Waals surface area contributed by atoms with Gasteiger partial charge in [0.05, 0.1) is 4.92 Å². The number of rotatable bonds is 3. The number of nitro benzene ring substituents is 1. The monoisotopic (exact) mass is 264 g/mol. The molecule has 1 heterocycles. The summed E-state index contributed by atoms with van der Waals surface area (Å²) in [6.07, 6.45) is 1.04. The number of nitro groups is 1. The summed E-state index contributed by atoms with van der Waals surface area (Å²) in [5, 5.41) is 19.9. The maximum atomic E-state index is 11.0. The first-order valence-electron chi connectivity index (χ1n) is 6.18. The van der Waals surface area contributed by atoms with Gasteiger partial charge in [0.2, 0.25) is 0 Å². The molecule has 0 aliphatic carbocycles. The van der Waals surface area contributed by atoms with Crippen molar-refractivity contribution in [3.8, 4) is 0 Å². The van der Waals surface area contributed by atoms with E-state index in [2.05, 4.69) is 18.7 Å². The van der Waals surface area contributed by atoms with E-state index in [4.69, 9.17) is 5.11 Å². The summed E-state index contributed by atoms with van der Waals surface area (Å²) in [6, 6.07) is 4.62. The lowest BCUT2D eigenvalue weighted by molar-refractivity contribution is -0.385. The molecule has 1 N–H and O–H groups in total. The van der Waals surface area contributed by atoms with E-state index >= 15 is 0 Å². The molecule has 2 atom stereocenters. The van der Waals surface area contributed by atoms with Crippen LogP contribution in [0.2, 0.25) is 0 Å². The molecule has 1 saturated heterocycles. The molecule has 0 spiro atoms. The van der Waals surface area contributed by atoms with Crippen molar-refractivity contribution in [1.82, 2.24) is 0 Å². The zero-order valence-electron chi connectivity index (χ0n) is 10.9. The van der Waals surface area contributed by atoms with Crippen molar-refractivity contribution < 1.29 is 14.8 Å². The van der Waals surface area contributed by atoms with E-state index in [9.17, 15) is 14.9 Å². The quantitative estimate of drug-likeness (QED) is 0.670. The van der Waals surface area contributed by atoms with Gasteiger partial charge in [0.25, 0.3) is 5.69 Å². The highest BCUT2D eigenvalue weighted by Gasteiger charge is 2.28. The Labute approximate surface area is 110 Å². The normalized spacial score (nSPS) is 22.5. The summed E-state index contributed by atoms with van der Waals surface area (Å²) in [4.78, 5) is 23.4. The molecule has 1 fully saturated rings. The van der Waals surface area contributed by atoms with Crippen molar-refractivity contribution in [2.24, 2.45) is 5.92 Å². The van der Waals surface area contributed by atoms with Crippen molar-refractivity contribution in [3.05, 3.63) is 33.9 Å². The van der Waals surface area contributed by atoms with E-state index in [1.54, 1.807) is 6.07 Å². The van der Waals surface area contributed by atoms with Gasteiger partial charge in [-0.05, 0) is 31.4 Å². The molecule has 1 aromatic carbocycles. The van der Waals surface area contributed by atoms with E-state index in [0.717, 1.165) is 13.0 Å². The number of hydrogen-bond donors (Lipinski definition) is 1. The summed E-state index contributed by atoms with van der Waals surface area (Å²) in [7, 11) is 0. The molecule has 6 nitrogen and oxygen atoms in total. The number of benzene rings is 1. The zero-order valence-corrected chi connectivity index (χ0v) is 10.9. The Morgan fingerprint density at radius 2 is 2.16 bits per heavy atom. The van der Waals surface area contributed by atoms with Gasteiger partial charge in [-0.2, -0.15) is 0 Å². The molecule has 0 radical (unpaired) electrons. The fourth-order valence-electron chi connectivity index (χ4n) is 2.69. The molecule has 0 bridgehead atoms. The predicted octanol–water partition coefficient (Wildman–Crippen LogP) is 2.53. The largest absolute Gasteiger partial charge is 0.477 e. The molecule has 2 unspecified atom stereocenters. The average Bonchev–Trinajstić information content (AvgIpc) is 2.67. The van der Waals surface area contributed by atoms with Crippen LogP contribution in [0.4, 0.5) is 11.4 Å². The van der Waals surface area contributed by atoms with Crippen LogP contribution in [-0.2, 0) is 0 Å². The van der Waals surface area contributed by atoms with Crippen LogP contribution in [0.25, 0.3) is 0 Å². The van der Waals surface area contributed by atoms with E-state index in [0.29, 0.717) is 17.6 Å². The van der Waals surface area contributed by atoms with Crippen molar-refractivity contribution >= 4 is 17.3 Å². The Morgan fingerprint density at radius 3 is 2.63 bits per heavy atom.